The van der Waals surface area contributed by atoms with Crippen molar-refractivity contribution < 1.29 is 9.53 Å². The van der Waals surface area contributed by atoms with Crippen LogP contribution in [0.4, 0.5) is 0 Å². The lowest BCUT2D eigenvalue weighted by Crippen LogP contribution is -2.11. The first-order valence-corrected chi connectivity index (χ1v) is 7.47. The van der Waals surface area contributed by atoms with Crippen LogP contribution in [0.5, 0.6) is 0 Å². The first-order chi connectivity index (χ1) is 9.69. The fourth-order valence-electron chi connectivity index (χ4n) is 1.79. The van der Waals surface area contributed by atoms with Crippen LogP contribution in [0, 0.1) is 0 Å². The number of thiophene rings is 1. The zero-order chi connectivity index (χ0) is 14.4. The predicted octanol–water partition coefficient (Wildman–Crippen LogP) is 3.41. The van der Waals surface area contributed by atoms with Gasteiger partial charge in [0.2, 0.25) is 0 Å². The van der Waals surface area contributed by atoms with Crippen molar-refractivity contribution >= 4 is 28.9 Å². The summed E-state index contributed by atoms with van der Waals surface area (Å²) in [5.74, 6) is -0.206. The third kappa shape index (κ3) is 4.34. The van der Waals surface area contributed by atoms with E-state index in [-0.39, 0.29) is 5.97 Å². The van der Waals surface area contributed by atoms with Gasteiger partial charge in [0, 0.05) is 27.9 Å². The first-order valence-electron chi connectivity index (χ1n) is 6.27. The maximum atomic E-state index is 11.2. The number of methoxy groups -OCH3 is 1. The average molecular weight is 310 g/mol. The van der Waals surface area contributed by atoms with Crippen LogP contribution < -0.4 is 5.32 Å². The Bertz CT molecular complexity index is 583. The minimum atomic E-state index is -0.206. The summed E-state index contributed by atoms with van der Waals surface area (Å²) in [6.45, 7) is 1.49. The summed E-state index contributed by atoms with van der Waals surface area (Å²) in [5, 5.41) is 4.12. The van der Waals surface area contributed by atoms with Crippen molar-refractivity contribution in [3.63, 3.8) is 0 Å². The maximum absolute atomic E-state index is 11.2. The SMILES string of the molecule is COC(=O)Cc1ccc(CNCc2ccccc2Cl)s1. The molecular weight excluding hydrogens is 294 g/mol. The molecule has 5 heteroatoms. The van der Waals surface area contributed by atoms with E-state index in [2.05, 4.69) is 10.1 Å². The van der Waals surface area contributed by atoms with Gasteiger partial charge in [0.1, 0.15) is 0 Å². The molecule has 0 unspecified atom stereocenters. The van der Waals surface area contributed by atoms with E-state index < -0.39 is 0 Å². The molecule has 106 valence electrons. The van der Waals surface area contributed by atoms with Crippen LogP contribution in [-0.2, 0) is 29.0 Å². The van der Waals surface area contributed by atoms with Crippen LogP contribution in [0.25, 0.3) is 0 Å². The van der Waals surface area contributed by atoms with Gasteiger partial charge >= 0.3 is 5.97 Å². The van der Waals surface area contributed by atoms with Crippen LogP contribution in [0.2, 0.25) is 5.02 Å². The number of carbonyl (C=O) groups excluding carboxylic acids is 1. The molecule has 0 spiro atoms. The molecule has 3 nitrogen and oxygen atoms in total. The van der Waals surface area contributed by atoms with Gasteiger partial charge in [-0.15, -0.1) is 11.3 Å². The molecule has 20 heavy (non-hydrogen) atoms. The number of hydrogen-bond acceptors (Lipinski definition) is 4. The quantitative estimate of drug-likeness (QED) is 0.831. The highest BCUT2D eigenvalue weighted by molar-refractivity contribution is 7.12. The zero-order valence-electron chi connectivity index (χ0n) is 11.2. The Kier molecular flexibility index (Phi) is 5.59. The topological polar surface area (TPSA) is 38.3 Å². The van der Waals surface area contributed by atoms with Crippen molar-refractivity contribution in [2.45, 2.75) is 19.5 Å². The lowest BCUT2D eigenvalue weighted by molar-refractivity contribution is -0.139. The maximum Gasteiger partial charge on any atom is 0.310 e. The van der Waals surface area contributed by atoms with E-state index >= 15 is 0 Å². The molecule has 0 saturated heterocycles. The number of benzene rings is 1. The Morgan fingerprint density at radius 1 is 1.20 bits per heavy atom. The van der Waals surface area contributed by atoms with Crippen molar-refractivity contribution in [3.8, 4) is 0 Å². The van der Waals surface area contributed by atoms with Crippen LogP contribution in [-0.4, -0.2) is 13.1 Å². The van der Waals surface area contributed by atoms with Gasteiger partial charge in [0.25, 0.3) is 0 Å². The smallest absolute Gasteiger partial charge is 0.310 e. The number of halogens is 1. The van der Waals surface area contributed by atoms with Crippen molar-refractivity contribution in [1.82, 2.24) is 5.32 Å². The third-order valence-electron chi connectivity index (χ3n) is 2.84. The minimum Gasteiger partial charge on any atom is -0.469 e. The van der Waals surface area contributed by atoms with E-state index in [1.165, 1.54) is 12.0 Å². The highest BCUT2D eigenvalue weighted by Gasteiger charge is 2.06. The molecule has 0 bridgehead atoms. The summed E-state index contributed by atoms with van der Waals surface area (Å²) < 4.78 is 4.65. The second kappa shape index (κ2) is 7.43. The fraction of sp³-hybridized carbons (Fsp3) is 0.267. The molecular formula is C15H16ClNO2S. The average Bonchev–Trinajstić information content (AvgIpc) is 2.88. The molecule has 2 rings (SSSR count). The van der Waals surface area contributed by atoms with Crippen molar-refractivity contribution in [3.05, 3.63) is 56.7 Å². The van der Waals surface area contributed by atoms with Crippen molar-refractivity contribution in [2.24, 2.45) is 0 Å². The van der Waals surface area contributed by atoms with Gasteiger partial charge in [0.15, 0.2) is 0 Å². The summed E-state index contributed by atoms with van der Waals surface area (Å²) in [6, 6.07) is 11.8. The molecule has 0 fully saturated rings. The predicted molar refractivity (Wildman–Crippen MR) is 82.0 cm³/mol. The number of hydrogen-bond donors (Lipinski definition) is 1. The molecule has 0 aliphatic carbocycles. The summed E-state index contributed by atoms with van der Waals surface area (Å²) >= 11 is 7.71. The molecule has 0 atom stereocenters. The van der Waals surface area contributed by atoms with E-state index in [0.717, 1.165) is 28.6 Å². The van der Waals surface area contributed by atoms with Gasteiger partial charge < -0.3 is 10.1 Å². The Morgan fingerprint density at radius 2 is 1.95 bits per heavy atom. The Balaban J connectivity index is 1.83. The molecule has 0 saturated carbocycles. The molecule has 0 radical (unpaired) electrons. The second-order valence-corrected chi connectivity index (χ2v) is 5.98. The van der Waals surface area contributed by atoms with Gasteiger partial charge in [-0.3, -0.25) is 4.79 Å². The molecule has 1 aromatic carbocycles. The number of esters is 1. The van der Waals surface area contributed by atoms with E-state index in [1.807, 2.05) is 36.4 Å². The molecule has 1 aromatic heterocycles. The minimum absolute atomic E-state index is 0.206. The van der Waals surface area contributed by atoms with E-state index in [0.29, 0.717) is 6.42 Å². The lowest BCUT2D eigenvalue weighted by atomic mass is 10.2. The third-order valence-corrected chi connectivity index (χ3v) is 4.29. The summed E-state index contributed by atoms with van der Waals surface area (Å²) in [6.07, 6.45) is 0.339. The van der Waals surface area contributed by atoms with E-state index in [9.17, 15) is 4.79 Å². The fourth-order valence-corrected chi connectivity index (χ4v) is 2.96. The Labute approximate surface area is 127 Å². The Hall–Kier alpha value is -1.36. The standard InChI is InChI=1S/C15H16ClNO2S/c1-19-15(18)8-12-6-7-13(20-12)10-17-9-11-4-2-3-5-14(11)16/h2-7,17H,8-10H2,1H3. The van der Waals surface area contributed by atoms with Crippen molar-refractivity contribution in [2.75, 3.05) is 7.11 Å². The largest absolute Gasteiger partial charge is 0.469 e. The number of rotatable bonds is 6. The lowest BCUT2D eigenvalue weighted by Gasteiger charge is -2.05. The molecule has 1 heterocycles. The first kappa shape index (κ1) is 15.0. The highest BCUT2D eigenvalue weighted by Crippen LogP contribution is 2.18. The molecule has 1 N–H and O–H groups in total. The van der Waals surface area contributed by atoms with Gasteiger partial charge in [0.05, 0.1) is 13.5 Å². The number of carbonyl (C=O) groups is 1. The summed E-state index contributed by atoms with van der Waals surface area (Å²) in [7, 11) is 1.40. The second-order valence-electron chi connectivity index (χ2n) is 4.32. The normalized spacial score (nSPS) is 10.5. The van der Waals surface area contributed by atoms with Crippen molar-refractivity contribution in [1.29, 1.82) is 0 Å². The van der Waals surface area contributed by atoms with Gasteiger partial charge in [-0.2, -0.15) is 0 Å². The van der Waals surface area contributed by atoms with Crippen LogP contribution in [0.1, 0.15) is 15.3 Å². The molecule has 0 aliphatic rings. The summed E-state index contributed by atoms with van der Waals surface area (Å²) in [5.41, 5.74) is 1.08. The van der Waals surface area contributed by atoms with Gasteiger partial charge in [-0.05, 0) is 23.8 Å². The Morgan fingerprint density at radius 3 is 2.70 bits per heavy atom. The molecule has 2 aromatic rings. The highest BCUT2D eigenvalue weighted by atomic mass is 35.5. The van der Waals surface area contributed by atoms with E-state index in [1.54, 1.807) is 11.3 Å². The molecule has 0 amide bonds. The molecule has 0 aliphatic heterocycles. The summed E-state index contributed by atoms with van der Waals surface area (Å²) in [4.78, 5) is 13.4. The van der Waals surface area contributed by atoms with Crippen LogP contribution in [0.15, 0.2) is 36.4 Å². The number of ether oxygens (including phenoxy) is 1. The van der Waals surface area contributed by atoms with E-state index in [4.69, 9.17) is 11.6 Å². The van der Waals surface area contributed by atoms with Gasteiger partial charge in [-0.25, -0.2) is 0 Å². The monoisotopic (exact) mass is 309 g/mol. The van der Waals surface area contributed by atoms with Crippen LogP contribution >= 0.6 is 22.9 Å². The number of nitrogens with one attached hydrogen (secondary N) is 1. The van der Waals surface area contributed by atoms with Gasteiger partial charge in [-0.1, -0.05) is 29.8 Å². The zero-order valence-corrected chi connectivity index (χ0v) is 12.8. The van der Waals surface area contributed by atoms with Crippen LogP contribution in [0.3, 0.4) is 0 Å².